The van der Waals surface area contributed by atoms with E-state index in [-0.39, 0.29) is 5.54 Å². The third-order valence-electron chi connectivity index (χ3n) is 4.36. The molecule has 19 heavy (non-hydrogen) atoms. The third kappa shape index (κ3) is 11.5. The SMILES string of the molecule is CCCCCCCCC(CCCCCC)C(C)(C)N. The van der Waals surface area contributed by atoms with Crippen molar-refractivity contribution < 1.29 is 0 Å². The normalized spacial score (nSPS) is 13.7. The molecule has 0 aliphatic heterocycles. The molecule has 0 aromatic heterocycles. The van der Waals surface area contributed by atoms with Crippen LogP contribution in [0, 0.1) is 5.92 Å². The summed E-state index contributed by atoms with van der Waals surface area (Å²) in [6, 6.07) is 0. The molecule has 2 N–H and O–H groups in total. The Balaban J connectivity index is 3.75. The zero-order valence-corrected chi connectivity index (χ0v) is 14.1. The summed E-state index contributed by atoms with van der Waals surface area (Å²) in [5.74, 6) is 0.718. The molecule has 0 saturated carbocycles. The van der Waals surface area contributed by atoms with Crippen LogP contribution in [0.2, 0.25) is 0 Å². The monoisotopic (exact) mass is 269 g/mol. The van der Waals surface area contributed by atoms with Crippen molar-refractivity contribution >= 4 is 0 Å². The Morgan fingerprint density at radius 1 is 0.684 bits per heavy atom. The van der Waals surface area contributed by atoms with Crippen molar-refractivity contribution in [1.29, 1.82) is 0 Å². The highest BCUT2D eigenvalue weighted by Crippen LogP contribution is 2.26. The van der Waals surface area contributed by atoms with E-state index in [0.717, 1.165) is 5.92 Å². The van der Waals surface area contributed by atoms with Gasteiger partial charge in [0.05, 0.1) is 0 Å². The maximum absolute atomic E-state index is 6.36. The second kappa shape index (κ2) is 11.8. The quantitative estimate of drug-likeness (QED) is 0.404. The lowest BCUT2D eigenvalue weighted by molar-refractivity contribution is 0.267. The zero-order valence-electron chi connectivity index (χ0n) is 14.1. The van der Waals surface area contributed by atoms with Crippen molar-refractivity contribution in [2.75, 3.05) is 0 Å². The van der Waals surface area contributed by atoms with E-state index >= 15 is 0 Å². The first-order valence-electron chi connectivity index (χ1n) is 8.81. The number of rotatable bonds is 13. The van der Waals surface area contributed by atoms with Crippen molar-refractivity contribution in [2.45, 2.75) is 110 Å². The van der Waals surface area contributed by atoms with Crippen LogP contribution in [-0.2, 0) is 0 Å². The van der Waals surface area contributed by atoms with Gasteiger partial charge in [-0.1, -0.05) is 78.1 Å². The summed E-state index contributed by atoms with van der Waals surface area (Å²) >= 11 is 0. The van der Waals surface area contributed by atoms with Crippen LogP contribution in [-0.4, -0.2) is 5.54 Å². The Morgan fingerprint density at radius 2 is 1.05 bits per heavy atom. The number of unbranched alkanes of at least 4 members (excludes halogenated alkanes) is 8. The van der Waals surface area contributed by atoms with E-state index in [2.05, 4.69) is 27.7 Å². The van der Waals surface area contributed by atoms with Crippen molar-refractivity contribution in [3.8, 4) is 0 Å². The van der Waals surface area contributed by atoms with E-state index in [1.54, 1.807) is 0 Å². The van der Waals surface area contributed by atoms with Gasteiger partial charge < -0.3 is 5.73 Å². The van der Waals surface area contributed by atoms with Gasteiger partial charge in [-0.05, 0) is 32.6 Å². The maximum Gasteiger partial charge on any atom is 0.0125 e. The highest BCUT2D eigenvalue weighted by Gasteiger charge is 2.23. The van der Waals surface area contributed by atoms with E-state index in [9.17, 15) is 0 Å². The van der Waals surface area contributed by atoms with E-state index < -0.39 is 0 Å². The summed E-state index contributed by atoms with van der Waals surface area (Å²) in [7, 11) is 0. The van der Waals surface area contributed by atoms with Gasteiger partial charge in [0.15, 0.2) is 0 Å². The first-order chi connectivity index (χ1) is 9.02. The average molecular weight is 270 g/mol. The van der Waals surface area contributed by atoms with Crippen LogP contribution in [0.3, 0.4) is 0 Å². The molecule has 0 heterocycles. The molecule has 0 aliphatic carbocycles. The first kappa shape index (κ1) is 19.0. The third-order valence-corrected chi connectivity index (χ3v) is 4.36. The fourth-order valence-electron chi connectivity index (χ4n) is 2.88. The predicted octanol–water partition coefficient (Wildman–Crippen LogP) is 6.06. The van der Waals surface area contributed by atoms with Gasteiger partial charge in [0.2, 0.25) is 0 Å². The van der Waals surface area contributed by atoms with Crippen LogP contribution in [0.4, 0.5) is 0 Å². The molecule has 1 unspecified atom stereocenters. The van der Waals surface area contributed by atoms with Gasteiger partial charge in [-0.3, -0.25) is 0 Å². The molecule has 0 aromatic carbocycles. The molecule has 0 aliphatic rings. The van der Waals surface area contributed by atoms with Gasteiger partial charge in [0.1, 0.15) is 0 Å². The summed E-state index contributed by atoms with van der Waals surface area (Å²) in [4.78, 5) is 0. The molecule has 0 fully saturated rings. The Morgan fingerprint density at radius 3 is 1.47 bits per heavy atom. The minimum atomic E-state index is 0.00956. The van der Waals surface area contributed by atoms with Crippen LogP contribution in [0.25, 0.3) is 0 Å². The number of hydrogen-bond donors (Lipinski definition) is 1. The van der Waals surface area contributed by atoms with Crippen molar-refractivity contribution in [3.05, 3.63) is 0 Å². The lowest BCUT2D eigenvalue weighted by Gasteiger charge is -2.31. The molecule has 0 radical (unpaired) electrons. The van der Waals surface area contributed by atoms with Gasteiger partial charge in [0.25, 0.3) is 0 Å². The summed E-state index contributed by atoms with van der Waals surface area (Å²) in [6.07, 6.45) is 16.5. The van der Waals surface area contributed by atoms with Gasteiger partial charge in [-0.15, -0.1) is 0 Å². The summed E-state index contributed by atoms with van der Waals surface area (Å²) in [5, 5.41) is 0. The Labute approximate surface area is 122 Å². The lowest BCUT2D eigenvalue weighted by Crippen LogP contribution is -2.40. The molecular formula is C18H39N. The van der Waals surface area contributed by atoms with E-state index in [4.69, 9.17) is 5.73 Å². The van der Waals surface area contributed by atoms with E-state index in [0.29, 0.717) is 0 Å². The van der Waals surface area contributed by atoms with Crippen LogP contribution < -0.4 is 5.73 Å². The predicted molar refractivity (Wildman–Crippen MR) is 88.5 cm³/mol. The highest BCUT2D eigenvalue weighted by molar-refractivity contribution is 4.82. The molecular weight excluding hydrogens is 230 g/mol. The van der Waals surface area contributed by atoms with Crippen LogP contribution in [0.15, 0.2) is 0 Å². The average Bonchev–Trinajstić information content (AvgIpc) is 2.34. The summed E-state index contributed by atoms with van der Waals surface area (Å²) in [5.41, 5.74) is 6.37. The minimum absolute atomic E-state index is 0.00956. The number of nitrogens with two attached hydrogens (primary N) is 1. The largest absolute Gasteiger partial charge is 0.325 e. The molecule has 0 spiro atoms. The molecule has 116 valence electrons. The van der Waals surface area contributed by atoms with Gasteiger partial charge in [-0.2, -0.15) is 0 Å². The Kier molecular flexibility index (Phi) is 11.7. The first-order valence-corrected chi connectivity index (χ1v) is 8.81. The molecule has 0 aromatic rings. The maximum atomic E-state index is 6.36. The van der Waals surface area contributed by atoms with Gasteiger partial charge in [-0.25, -0.2) is 0 Å². The fraction of sp³-hybridized carbons (Fsp3) is 1.00. The standard InChI is InChI=1S/C18H39N/c1-5-7-9-11-12-14-16-17(18(3,4)19)15-13-10-8-6-2/h17H,5-16,19H2,1-4H3. The fourth-order valence-corrected chi connectivity index (χ4v) is 2.88. The molecule has 0 bridgehead atoms. The molecule has 1 heteroatoms. The van der Waals surface area contributed by atoms with Crippen LogP contribution in [0.1, 0.15) is 105 Å². The minimum Gasteiger partial charge on any atom is -0.325 e. The molecule has 1 nitrogen and oxygen atoms in total. The van der Waals surface area contributed by atoms with E-state index in [1.807, 2.05) is 0 Å². The topological polar surface area (TPSA) is 26.0 Å². The van der Waals surface area contributed by atoms with Gasteiger partial charge >= 0.3 is 0 Å². The Bertz CT molecular complexity index is 181. The molecule has 0 rings (SSSR count). The zero-order chi connectivity index (χ0) is 14.6. The van der Waals surface area contributed by atoms with E-state index in [1.165, 1.54) is 77.0 Å². The highest BCUT2D eigenvalue weighted by atomic mass is 14.7. The second-order valence-corrected chi connectivity index (χ2v) is 6.92. The second-order valence-electron chi connectivity index (χ2n) is 6.92. The van der Waals surface area contributed by atoms with Crippen molar-refractivity contribution in [1.82, 2.24) is 0 Å². The van der Waals surface area contributed by atoms with Crippen LogP contribution in [0.5, 0.6) is 0 Å². The van der Waals surface area contributed by atoms with Crippen molar-refractivity contribution in [3.63, 3.8) is 0 Å². The smallest absolute Gasteiger partial charge is 0.0125 e. The number of hydrogen-bond acceptors (Lipinski definition) is 1. The molecule has 1 atom stereocenters. The summed E-state index contributed by atoms with van der Waals surface area (Å²) in [6.45, 7) is 8.99. The molecule has 0 amide bonds. The van der Waals surface area contributed by atoms with Crippen molar-refractivity contribution in [2.24, 2.45) is 11.7 Å². The van der Waals surface area contributed by atoms with Crippen LogP contribution >= 0.6 is 0 Å². The Hall–Kier alpha value is -0.0400. The summed E-state index contributed by atoms with van der Waals surface area (Å²) < 4.78 is 0. The molecule has 0 saturated heterocycles. The lowest BCUT2D eigenvalue weighted by atomic mass is 9.80. The van der Waals surface area contributed by atoms with Gasteiger partial charge in [0, 0.05) is 5.54 Å².